The van der Waals surface area contributed by atoms with Crippen molar-refractivity contribution in [1.29, 1.82) is 0 Å². The minimum absolute atomic E-state index is 0.222. The topological polar surface area (TPSA) is 58.4 Å². The van der Waals surface area contributed by atoms with E-state index in [-0.39, 0.29) is 18.4 Å². The number of hydrogen-bond acceptors (Lipinski definition) is 2. The van der Waals surface area contributed by atoms with Gasteiger partial charge in [-0.3, -0.25) is 9.72 Å². The van der Waals surface area contributed by atoms with E-state index in [9.17, 15) is 9.18 Å². The largest absolute Gasteiger partial charge is 0.334 e. The maximum absolute atomic E-state index is 13.3. The van der Waals surface area contributed by atoms with Crippen LogP contribution in [0.1, 0.15) is 11.1 Å². The molecule has 0 aliphatic rings. The molecule has 2 heterocycles. The summed E-state index contributed by atoms with van der Waals surface area (Å²) in [5.41, 5.74) is 4.14. The quantitative estimate of drug-likeness (QED) is 0.541. The third-order valence-corrected chi connectivity index (χ3v) is 4.40. The zero-order chi connectivity index (χ0) is 19.5. The molecule has 0 saturated heterocycles. The van der Waals surface area contributed by atoms with Crippen molar-refractivity contribution < 1.29 is 9.18 Å². The molecule has 6 heteroatoms. The number of rotatable bonds is 4. The fourth-order valence-electron chi connectivity index (χ4n) is 3.09. The number of aryl methyl sites for hydroxylation is 1. The highest BCUT2D eigenvalue weighted by Crippen LogP contribution is 2.29. The number of carbonyl (C=O) groups is 1. The maximum atomic E-state index is 13.3. The predicted molar refractivity (Wildman–Crippen MR) is 108 cm³/mol. The van der Waals surface area contributed by atoms with Crippen molar-refractivity contribution in [3.8, 4) is 11.3 Å². The molecule has 0 unspecified atom stereocenters. The van der Waals surface area contributed by atoms with E-state index in [4.69, 9.17) is 0 Å². The molecule has 0 bridgehead atoms. The van der Waals surface area contributed by atoms with Gasteiger partial charge in [0.25, 0.3) is 0 Å². The van der Waals surface area contributed by atoms with Gasteiger partial charge in [-0.2, -0.15) is 0 Å². The smallest absolute Gasteiger partial charge is 0.320 e. The number of fused-ring (bicyclic) bond motifs is 1. The van der Waals surface area contributed by atoms with Gasteiger partial charge in [0.1, 0.15) is 23.0 Å². The van der Waals surface area contributed by atoms with E-state index in [2.05, 4.69) is 15.6 Å². The number of nitrogens with zero attached hydrogens (tertiary/aromatic N) is 2. The average molecular weight is 374 g/mol. The van der Waals surface area contributed by atoms with Crippen LogP contribution in [0.3, 0.4) is 0 Å². The summed E-state index contributed by atoms with van der Waals surface area (Å²) in [4.78, 5) is 17.2. The van der Waals surface area contributed by atoms with Crippen LogP contribution in [0, 0.1) is 12.7 Å². The molecular formula is C22H19FN4O. The molecule has 0 atom stereocenters. The number of aromatic nitrogens is 2. The van der Waals surface area contributed by atoms with Gasteiger partial charge in [0.05, 0.1) is 0 Å². The van der Waals surface area contributed by atoms with Crippen LogP contribution < -0.4 is 10.6 Å². The van der Waals surface area contributed by atoms with Crippen LogP contribution in [0.15, 0.2) is 72.9 Å². The zero-order valence-corrected chi connectivity index (χ0v) is 15.3. The van der Waals surface area contributed by atoms with Gasteiger partial charge in [0.2, 0.25) is 0 Å². The van der Waals surface area contributed by atoms with Crippen LogP contribution in [0.4, 0.5) is 15.0 Å². The lowest BCUT2D eigenvalue weighted by atomic mass is 10.1. The van der Waals surface area contributed by atoms with Crippen molar-refractivity contribution in [3.05, 3.63) is 89.9 Å². The summed E-state index contributed by atoms with van der Waals surface area (Å²) in [6, 6.07) is 19.4. The molecule has 5 nitrogen and oxygen atoms in total. The van der Waals surface area contributed by atoms with Gasteiger partial charge >= 0.3 is 6.03 Å². The van der Waals surface area contributed by atoms with E-state index < -0.39 is 0 Å². The summed E-state index contributed by atoms with van der Waals surface area (Å²) in [7, 11) is 0. The lowest BCUT2D eigenvalue weighted by molar-refractivity contribution is 0.251. The minimum atomic E-state index is -0.385. The number of amides is 2. The SMILES string of the molecule is Cc1cccc(-c2nc3ccccn3c2NC(=O)NCc2cccc(F)c2)c1. The number of urea groups is 1. The molecule has 0 radical (unpaired) electrons. The van der Waals surface area contributed by atoms with Crippen LogP contribution in [0.5, 0.6) is 0 Å². The van der Waals surface area contributed by atoms with Crippen LogP contribution >= 0.6 is 0 Å². The highest BCUT2D eigenvalue weighted by atomic mass is 19.1. The molecule has 4 rings (SSSR count). The average Bonchev–Trinajstić information content (AvgIpc) is 3.05. The van der Waals surface area contributed by atoms with Crippen LogP contribution in [-0.2, 0) is 6.54 Å². The van der Waals surface area contributed by atoms with E-state index in [1.165, 1.54) is 12.1 Å². The molecule has 0 aliphatic carbocycles. The Hall–Kier alpha value is -3.67. The highest BCUT2D eigenvalue weighted by Gasteiger charge is 2.16. The fraction of sp³-hybridized carbons (Fsp3) is 0.0909. The second-order valence-electron chi connectivity index (χ2n) is 6.54. The van der Waals surface area contributed by atoms with Crippen LogP contribution in [0.25, 0.3) is 16.9 Å². The van der Waals surface area contributed by atoms with E-state index in [0.29, 0.717) is 17.1 Å². The second kappa shape index (κ2) is 7.52. The van der Waals surface area contributed by atoms with Gasteiger partial charge in [-0.25, -0.2) is 14.2 Å². The molecule has 0 spiro atoms. The van der Waals surface area contributed by atoms with Gasteiger partial charge < -0.3 is 5.32 Å². The number of halogens is 1. The third kappa shape index (κ3) is 3.71. The fourth-order valence-corrected chi connectivity index (χ4v) is 3.09. The summed E-state index contributed by atoms with van der Waals surface area (Å²) < 4.78 is 15.1. The van der Waals surface area contributed by atoms with Crippen LogP contribution in [-0.4, -0.2) is 15.4 Å². The molecule has 140 valence electrons. The molecule has 28 heavy (non-hydrogen) atoms. The molecule has 2 amide bonds. The lowest BCUT2D eigenvalue weighted by Crippen LogP contribution is -2.29. The summed E-state index contributed by atoms with van der Waals surface area (Å²) in [6.07, 6.45) is 1.85. The first-order valence-corrected chi connectivity index (χ1v) is 8.93. The second-order valence-corrected chi connectivity index (χ2v) is 6.54. The Kier molecular flexibility index (Phi) is 4.76. The molecule has 0 saturated carbocycles. The number of nitrogens with one attached hydrogen (secondary N) is 2. The monoisotopic (exact) mass is 374 g/mol. The van der Waals surface area contributed by atoms with E-state index >= 15 is 0 Å². The molecule has 2 aromatic heterocycles. The summed E-state index contributed by atoms with van der Waals surface area (Å²) >= 11 is 0. The van der Waals surface area contributed by atoms with E-state index in [1.54, 1.807) is 12.1 Å². The lowest BCUT2D eigenvalue weighted by Gasteiger charge is -2.10. The Morgan fingerprint density at radius 2 is 1.93 bits per heavy atom. The molecule has 2 N–H and O–H groups in total. The van der Waals surface area contributed by atoms with Crippen molar-refractivity contribution in [1.82, 2.24) is 14.7 Å². The van der Waals surface area contributed by atoms with Crippen molar-refractivity contribution in [2.45, 2.75) is 13.5 Å². The molecular weight excluding hydrogens is 355 g/mol. The normalized spacial score (nSPS) is 10.8. The first kappa shape index (κ1) is 17.7. The van der Waals surface area contributed by atoms with E-state index in [0.717, 1.165) is 16.8 Å². The van der Waals surface area contributed by atoms with Crippen molar-refractivity contribution in [2.75, 3.05) is 5.32 Å². The third-order valence-electron chi connectivity index (χ3n) is 4.40. The Morgan fingerprint density at radius 1 is 1.07 bits per heavy atom. The molecule has 0 fully saturated rings. The Morgan fingerprint density at radius 3 is 2.75 bits per heavy atom. The molecule has 2 aromatic carbocycles. The first-order chi connectivity index (χ1) is 13.6. The highest BCUT2D eigenvalue weighted by molar-refractivity contribution is 5.93. The summed E-state index contributed by atoms with van der Waals surface area (Å²) in [6.45, 7) is 2.23. The van der Waals surface area contributed by atoms with Gasteiger partial charge in [-0.1, -0.05) is 42.0 Å². The van der Waals surface area contributed by atoms with Crippen LogP contribution in [0.2, 0.25) is 0 Å². The van der Waals surface area contributed by atoms with Crippen molar-refractivity contribution in [2.24, 2.45) is 0 Å². The molecule has 0 aliphatic heterocycles. The Labute approximate surface area is 161 Å². The summed E-state index contributed by atoms with van der Waals surface area (Å²) in [5, 5.41) is 5.65. The number of anilines is 1. The maximum Gasteiger partial charge on any atom is 0.320 e. The van der Waals surface area contributed by atoms with Gasteiger partial charge in [-0.15, -0.1) is 0 Å². The number of imidazole rings is 1. The molecule has 4 aromatic rings. The zero-order valence-electron chi connectivity index (χ0n) is 15.3. The minimum Gasteiger partial charge on any atom is -0.334 e. The number of carbonyl (C=O) groups excluding carboxylic acids is 1. The van der Waals surface area contributed by atoms with Crippen molar-refractivity contribution >= 4 is 17.5 Å². The predicted octanol–water partition coefficient (Wildman–Crippen LogP) is 4.77. The Bertz CT molecular complexity index is 1150. The van der Waals surface area contributed by atoms with E-state index in [1.807, 2.05) is 60.0 Å². The number of pyridine rings is 1. The standard InChI is InChI=1S/C22H19FN4O/c1-15-6-4-8-17(12-15)20-21(27-11-3-2-10-19(27)25-20)26-22(28)24-14-16-7-5-9-18(23)13-16/h2-13H,14H2,1H3,(H2,24,26,28). The summed E-state index contributed by atoms with van der Waals surface area (Å²) in [5.74, 6) is 0.251. The Balaban J connectivity index is 1.62. The first-order valence-electron chi connectivity index (χ1n) is 8.93. The number of benzene rings is 2. The van der Waals surface area contributed by atoms with Crippen molar-refractivity contribution in [3.63, 3.8) is 0 Å². The van der Waals surface area contributed by atoms with Gasteiger partial charge in [-0.05, 0) is 42.8 Å². The van der Waals surface area contributed by atoms with Gasteiger partial charge in [0, 0.05) is 18.3 Å². The van der Waals surface area contributed by atoms with Gasteiger partial charge in [0.15, 0.2) is 0 Å². The number of hydrogen-bond donors (Lipinski definition) is 2.